The van der Waals surface area contributed by atoms with Gasteiger partial charge in [-0.3, -0.25) is 14.7 Å². The van der Waals surface area contributed by atoms with E-state index in [9.17, 15) is 22.8 Å². The molecule has 1 aliphatic rings. The van der Waals surface area contributed by atoms with Crippen LogP contribution in [0.5, 0.6) is 0 Å². The van der Waals surface area contributed by atoms with Gasteiger partial charge in [0.1, 0.15) is 0 Å². The Labute approximate surface area is 159 Å². The molecule has 1 aromatic heterocycles. The minimum absolute atomic E-state index is 0.000400. The van der Waals surface area contributed by atoms with Crippen LogP contribution in [-0.4, -0.2) is 28.7 Å². The number of benzene rings is 1. The van der Waals surface area contributed by atoms with Crippen molar-refractivity contribution in [1.29, 1.82) is 0 Å². The van der Waals surface area contributed by atoms with Gasteiger partial charge in [-0.15, -0.1) is 0 Å². The van der Waals surface area contributed by atoms with E-state index < -0.39 is 36.3 Å². The van der Waals surface area contributed by atoms with E-state index in [0.717, 1.165) is 11.1 Å². The lowest BCUT2D eigenvalue weighted by molar-refractivity contribution is -0.152. The summed E-state index contributed by atoms with van der Waals surface area (Å²) in [6.07, 6.45) is -4.09. The van der Waals surface area contributed by atoms with Gasteiger partial charge >= 0.3 is 12.1 Å². The van der Waals surface area contributed by atoms with Crippen molar-refractivity contribution >= 4 is 17.6 Å². The SMILES string of the molecule is Cc1ccc(NC(=O)COC(=O)[C@H]2CCc3[nH]nc(C(F)(F)F)c3C2)c(C)c1. The van der Waals surface area contributed by atoms with E-state index in [1.807, 2.05) is 26.0 Å². The summed E-state index contributed by atoms with van der Waals surface area (Å²) in [7, 11) is 0. The Morgan fingerprint density at radius 2 is 2.07 bits per heavy atom. The topological polar surface area (TPSA) is 84.1 Å². The van der Waals surface area contributed by atoms with Gasteiger partial charge in [0, 0.05) is 16.9 Å². The number of hydrogen-bond acceptors (Lipinski definition) is 4. The van der Waals surface area contributed by atoms with Crippen LogP contribution in [0.25, 0.3) is 0 Å². The van der Waals surface area contributed by atoms with Crippen molar-refractivity contribution in [3.05, 3.63) is 46.3 Å². The Hall–Kier alpha value is -2.84. The average molecular weight is 395 g/mol. The van der Waals surface area contributed by atoms with Crippen molar-refractivity contribution in [2.24, 2.45) is 5.92 Å². The largest absolute Gasteiger partial charge is 0.455 e. The summed E-state index contributed by atoms with van der Waals surface area (Å²) in [4.78, 5) is 24.3. The van der Waals surface area contributed by atoms with E-state index in [0.29, 0.717) is 17.8 Å². The number of esters is 1. The quantitative estimate of drug-likeness (QED) is 0.778. The number of ether oxygens (including phenoxy) is 1. The third-order valence-corrected chi connectivity index (χ3v) is 4.75. The van der Waals surface area contributed by atoms with Crippen LogP contribution in [-0.2, 0) is 33.3 Å². The molecule has 1 atom stereocenters. The first-order valence-electron chi connectivity index (χ1n) is 8.82. The van der Waals surface area contributed by atoms with Gasteiger partial charge in [-0.2, -0.15) is 18.3 Å². The van der Waals surface area contributed by atoms with Crippen molar-refractivity contribution in [2.45, 2.75) is 39.3 Å². The van der Waals surface area contributed by atoms with Gasteiger partial charge in [0.15, 0.2) is 12.3 Å². The maximum Gasteiger partial charge on any atom is 0.435 e. The molecule has 6 nitrogen and oxygen atoms in total. The summed E-state index contributed by atoms with van der Waals surface area (Å²) < 4.78 is 44.0. The highest BCUT2D eigenvalue weighted by molar-refractivity contribution is 5.93. The Morgan fingerprint density at radius 3 is 2.75 bits per heavy atom. The fourth-order valence-electron chi connectivity index (χ4n) is 3.33. The lowest BCUT2D eigenvalue weighted by Crippen LogP contribution is -2.29. The summed E-state index contributed by atoms with van der Waals surface area (Å²) in [5.41, 5.74) is 1.94. The zero-order valence-electron chi connectivity index (χ0n) is 15.4. The molecular weight excluding hydrogens is 375 g/mol. The fraction of sp³-hybridized carbons (Fsp3) is 0.421. The van der Waals surface area contributed by atoms with Crippen molar-refractivity contribution in [2.75, 3.05) is 11.9 Å². The molecule has 1 aliphatic carbocycles. The van der Waals surface area contributed by atoms with E-state index in [2.05, 4.69) is 15.5 Å². The second-order valence-electron chi connectivity index (χ2n) is 6.94. The number of aryl methyl sites for hydroxylation is 3. The first kappa shape index (κ1) is 19.9. The zero-order chi connectivity index (χ0) is 20.5. The average Bonchev–Trinajstić information content (AvgIpc) is 3.05. The lowest BCUT2D eigenvalue weighted by atomic mass is 9.86. The number of hydrogen-bond donors (Lipinski definition) is 2. The molecule has 9 heteroatoms. The molecule has 0 saturated heterocycles. The highest BCUT2D eigenvalue weighted by atomic mass is 19.4. The number of amides is 1. The van der Waals surface area contributed by atoms with Gasteiger partial charge in [-0.1, -0.05) is 17.7 Å². The van der Waals surface area contributed by atoms with Crippen LogP contribution in [0.4, 0.5) is 18.9 Å². The van der Waals surface area contributed by atoms with Crippen LogP contribution in [0.1, 0.15) is 34.5 Å². The van der Waals surface area contributed by atoms with Gasteiger partial charge in [0.25, 0.3) is 5.91 Å². The molecular formula is C19H20F3N3O3. The molecule has 28 heavy (non-hydrogen) atoms. The number of rotatable bonds is 4. The number of anilines is 1. The second kappa shape index (κ2) is 7.65. The van der Waals surface area contributed by atoms with E-state index in [1.165, 1.54) is 0 Å². The monoisotopic (exact) mass is 395 g/mol. The van der Waals surface area contributed by atoms with Crippen LogP contribution in [0, 0.1) is 19.8 Å². The number of nitrogens with one attached hydrogen (secondary N) is 2. The molecule has 2 aromatic rings. The third-order valence-electron chi connectivity index (χ3n) is 4.75. The number of fused-ring (bicyclic) bond motifs is 1. The minimum atomic E-state index is -4.58. The molecule has 0 saturated carbocycles. The number of aromatic amines is 1. The first-order chi connectivity index (χ1) is 13.1. The number of aromatic nitrogens is 2. The van der Waals surface area contributed by atoms with Crippen LogP contribution < -0.4 is 5.32 Å². The fourth-order valence-corrected chi connectivity index (χ4v) is 3.33. The third kappa shape index (κ3) is 4.35. The molecule has 1 amide bonds. The molecule has 0 unspecified atom stereocenters. The molecule has 150 valence electrons. The van der Waals surface area contributed by atoms with E-state index in [1.54, 1.807) is 6.07 Å². The van der Waals surface area contributed by atoms with Gasteiger partial charge in [0.2, 0.25) is 0 Å². The Kier molecular flexibility index (Phi) is 5.44. The molecule has 1 heterocycles. The van der Waals surface area contributed by atoms with Crippen LogP contribution in [0.3, 0.4) is 0 Å². The van der Waals surface area contributed by atoms with Gasteiger partial charge in [0.05, 0.1) is 5.92 Å². The molecule has 2 N–H and O–H groups in total. The summed E-state index contributed by atoms with van der Waals surface area (Å²) in [6.45, 7) is 3.28. The number of halogens is 3. The maximum atomic E-state index is 13.0. The van der Waals surface area contributed by atoms with Gasteiger partial charge < -0.3 is 10.1 Å². The molecule has 0 bridgehead atoms. The Balaban J connectivity index is 1.57. The summed E-state index contributed by atoms with van der Waals surface area (Å²) in [6, 6.07) is 5.51. The van der Waals surface area contributed by atoms with Crippen LogP contribution >= 0.6 is 0 Å². The normalized spacial score (nSPS) is 16.4. The Bertz CT molecular complexity index is 906. The highest BCUT2D eigenvalue weighted by Gasteiger charge is 2.40. The molecule has 3 rings (SSSR count). The second-order valence-corrected chi connectivity index (χ2v) is 6.94. The number of carbonyl (C=O) groups is 2. The van der Waals surface area contributed by atoms with Gasteiger partial charge in [-0.05, 0) is 44.7 Å². The Morgan fingerprint density at radius 1 is 1.32 bits per heavy atom. The van der Waals surface area contributed by atoms with Crippen molar-refractivity contribution in [1.82, 2.24) is 10.2 Å². The lowest BCUT2D eigenvalue weighted by Gasteiger charge is -2.21. The van der Waals surface area contributed by atoms with E-state index in [-0.39, 0.29) is 18.4 Å². The van der Waals surface area contributed by atoms with Crippen molar-refractivity contribution in [3.8, 4) is 0 Å². The smallest absolute Gasteiger partial charge is 0.435 e. The molecule has 1 aromatic carbocycles. The minimum Gasteiger partial charge on any atom is -0.455 e. The predicted octanol–water partition coefficient (Wildman–Crippen LogP) is 3.33. The number of nitrogens with zero attached hydrogens (tertiary/aromatic N) is 1. The highest BCUT2D eigenvalue weighted by Crippen LogP contribution is 2.36. The standard InChI is InChI=1S/C19H20F3N3O3/c1-10-3-5-14(11(2)7-10)23-16(26)9-28-18(27)12-4-6-15-13(8-12)17(25-24-15)19(20,21)22/h3,5,7,12H,4,6,8-9H2,1-2H3,(H,23,26)(H,24,25)/t12-/m0/s1. The van der Waals surface area contributed by atoms with Crippen LogP contribution in [0.2, 0.25) is 0 Å². The molecule has 0 radical (unpaired) electrons. The maximum absolute atomic E-state index is 13.0. The molecule has 0 spiro atoms. The number of H-pyrrole nitrogens is 1. The zero-order valence-corrected chi connectivity index (χ0v) is 15.4. The number of alkyl halides is 3. The van der Waals surface area contributed by atoms with Crippen molar-refractivity contribution < 1.29 is 27.5 Å². The molecule has 0 fully saturated rings. The van der Waals surface area contributed by atoms with E-state index >= 15 is 0 Å². The predicted molar refractivity (Wildman–Crippen MR) is 94.6 cm³/mol. The van der Waals surface area contributed by atoms with Gasteiger partial charge in [-0.25, -0.2) is 0 Å². The summed E-state index contributed by atoms with van der Waals surface area (Å²) in [5, 5.41) is 8.38. The first-order valence-corrected chi connectivity index (χ1v) is 8.82. The molecule has 0 aliphatic heterocycles. The number of carbonyl (C=O) groups excluding carboxylic acids is 2. The summed E-state index contributed by atoms with van der Waals surface area (Å²) >= 11 is 0. The van der Waals surface area contributed by atoms with Crippen LogP contribution in [0.15, 0.2) is 18.2 Å². The summed E-state index contributed by atoms with van der Waals surface area (Å²) in [5.74, 6) is -1.92. The van der Waals surface area contributed by atoms with Crippen molar-refractivity contribution in [3.63, 3.8) is 0 Å². The van der Waals surface area contributed by atoms with E-state index in [4.69, 9.17) is 4.74 Å².